The number of rotatable bonds is 3. The molecule has 1 aromatic carbocycles. The molecule has 5 heteroatoms. The lowest BCUT2D eigenvalue weighted by Gasteiger charge is -2.38. The van der Waals surface area contributed by atoms with Gasteiger partial charge in [-0.25, -0.2) is 0 Å². The number of carbonyl (C=O) groups is 1. The Balaban J connectivity index is 2.31. The van der Waals surface area contributed by atoms with Crippen molar-refractivity contribution >= 4 is 23.2 Å². The molecule has 1 amide bonds. The number of piperidine rings is 1. The minimum atomic E-state index is -0.422. The maximum absolute atomic E-state index is 11.5. The highest BCUT2D eigenvalue weighted by Crippen LogP contribution is 2.30. The predicted octanol–water partition coefficient (Wildman–Crippen LogP) is 1.86. The number of amides is 1. The largest absolute Gasteiger partial charge is 0.370 e. The fraction of sp³-hybridized carbons (Fsp3) is 0.500. The Morgan fingerprint density at radius 1 is 1.53 bits per heavy atom. The Morgan fingerprint density at radius 2 is 2.26 bits per heavy atom. The molecule has 1 aliphatic heterocycles. The molecule has 0 spiro atoms. The van der Waals surface area contributed by atoms with Crippen LogP contribution in [0.1, 0.15) is 23.7 Å². The van der Waals surface area contributed by atoms with Gasteiger partial charge in [-0.1, -0.05) is 18.5 Å². The number of primary amides is 1. The van der Waals surface area contributed by atoms with Crippen molar-refractivity contribution in [1.82, 2.24) is 0 Å². The molecule has 4 N–H and O–H groups in total. The predicted molar refractivity (Wildman–Crippen MR) is 78.5 cm³/mol. The average molecular weight is 282 g/mol. The summed E-state index contributed by atoms with van der Waals surface area (Å²) in [6.07, 6.45) is 1.06. The van der Waals surface area contributed by atoms with E-state index in [1.807, 2.05) is 6.07 Å². The van der Waals surface area contributed by atoms with E-state index >= 15 is 0 Å². The van der Waals surface area contributed by atoms with Crippen LogP contribution in [0.5, 0.6) is 0 Å². The van der Waals surface area contributed by atoms with Crippen LogP contribution >= 0.6 is 11.6 Å². The van der Waals surface area contributed by atoms with Crippen molar-refractivity contribution in [3.05, 3.63) is 28.8 Å². The lowest BCUT2D eigenvalue weighted by molar-refractivity contribution is 0.100. The average Bonchev–Trinajstić information content (AvgIpc) is 2.38. The number of anilines is 1. The van der Waals surface area contributed by atoms with Crippen LogP contribution in [-0.2, 0) is 0 Å². The fourth-order valence-electron chi connectivity index (χ4n) is 2.65. The Labute approximate surface area is 118 Å². The maximum Gasteiger partial charge on any atom is 0.250 e. The second kappa shape index (κ2) is 5.80. The number of halogens is 1. The van der Waals surface area contributed by atoms with E-state index in [2.05, 4.69) is 11.8 Å². The Bertz CT molecular complexity index is 478. The topological polar surface area (TPSA) is 72.3 Å². The van der Waals surface area contributed by atoms with Gasteiger partial charge in [-0.2, -0.15) is 0 Å². The SMILES string of the molecule is CC1CCN(c2cc(Cl)ccc2C(N)=O)CC1CN. The highest BCUT2D eigenvalue weighted by Gasteiger charge is 2.27. The first-order valence-electron chi connectivity index (χ1n) is 6.57. The summed E-state index contributed by atoms with van der Waals surface area (Å²) >= 11 is 6.04. The highest BCUT2D eigenvalue weighted by molar-refractivity contribution is 6.31. The first-order valence-corrected chi connectivity index (χ1v) is 6.95. The van der Waals surface area contributed by atoms with Crippen molar-refractivity contribution in [2.24, 2.45) is 23.3 Å². The zero-order valence-electron chi connectivity index (χ0n) is 11.1. The van der Waals surface area contributed by atoms with E-state index in [4.69, 9.17) is 23.1 Å². The van der Waals surface area contributed by atoms with Gasteiger partial charge in [0.1, 0.15) is 0 Å². The van der Waals surface area contributed by atoms with Gasteiger partial charge in [0.05, 0.1) is 11.3 Å². The summed E-state index contributed by atoms with van der Waals surface area (Å²) in [4.78, 5) is 13.7. The summed E-state index contributed by atoms with van der Waals surface area (Å²) in [5, 5.41) is 0.614. The van der Waals surface area contributed by atoms with E-state index < -0.39 is 5.91 Å². The maximum atomic E-state index is 11.5. The van der Waals surface area contributed by atoms with Crippen LogP contribution in [0.15, 0.2) is 18.2 Å². The van der Waals surface area contributed by atoms with E-state index in [1.165, 1.54) is 0 Å². The van der Waals surface area contributed by atoms with Crippen LogP contribution in [0.4, 0.5) is 5.69 Å². The second-order valence-corrected chi connectivity index (χ2v) is 5.67. The van der Waals surface area contributed by atoms with Gasteiger partial charge in [-0.05, 0) is 43.0 Å². The Kier molecular flexibility index (Phi) is 4.32. The number of carbonyl (C=O) groups excluding carboxylic acids is 1. The lowest BCUT2D eigenvalue weighted by atomic mass is 9.86. The third-order valence-corrected chi connectivity index (χ3v) is 4.22. The molecule has 1 heterocycles. The smallest absolute Gasteiger partial charge is 0.250 e. The van der Waals surface area contributed by atoms with Gasteiger partial charge in [0.25, 0.3) is 5.91 Å². The normalized spacial score (nSPS) is 23.4. The third kappa shape index (κ3) is 3.01. The lowest BCUT2D eigenvalue weighted by Crippen LogP contribution is -2.43. The van der Waals surface area contributed by atoms with E-state index in [9.17, 15) is 4.79 Å². The molecule has 19 heavy (non-hydrogen) atoms. The molecule has 0 aromatic heterocycles. The fourth-order valence-corrected chi connectivity index (χ4v) is 2.82. The van der Waals surface area contributed by atoms with Gasteiger partial charge in [-0.3, -0.25) is 4.79 Å². The van der Waals surface area contributed by atoms with Gasteiger partial charge in [-0.15, -0.1) is 0 Å². The molecular weight excluding hydrogens is 262 g/mol. The Morgan fingerprint density at radius 3 is 2.89 bits per heavy atom. The van der Waals surface area contributed by atoms with Gasteiger partial charge >= 0.3 is 0 Å². The van der Waals surface area contributed by atoms with Gasteiger partial charge in [0, 0.05) is 18.1 Å². The van der Waals surface area contributed by atoms with E-state index in [0.717, 1.165) is 25.2 Å². The monoisotopic (exact) mass is 281 g/mol. The standard InChI is InChI=1S/C14H20ClN3O/c1-9-4-5-18(8-10(9)7-16)13-6-11(15)2-3-12(13)14(17)19/h2-3,6,9-10H,4-5,7-8,16H2,1H3,(H2,17,19). The molecule has 1 aromatic rings. The van der Waals surface area contributed by atoms with Crippen LogP contribution in [0, 0.1) is 11.8 Å². The van der Waals surface area contributed by atoms with E-state index in [0.29, 0.717) is 29.0 Å². The summed E-state index contributed by atoms with van der Waals surface area (Å²) in [6, 6.07) is 5.19. The molecule has 2 atom stereocenters. The van der Waals surface area contributed by atoms with Crippen LogP contribution in [0.25, 0.3) is 0 Å². The Hall–Kier alpha value is -1.26. The number of nitrogens with zero attached hydrogens (tertiary/aromatic N) is 1. The van der Waals surface area contributed by atoms with Crippen molar-refractivity contribution in [1.29, 1.82) is 0 Å². The first kappa shape index (κ1) is 14.2. The van der Waals surface area contributed by atoms with Crippen LogP contribution < -0.4 is 16.4 Å². The number of benzene rings is 1. The molecule has 0 aliphatic carbocycles. The highest BCUT2D eigenvalue weighted by atomic mass is 35.5. The zero-order valence-corrected chi connectivity index (χ0v) is 11.9. The number of hydrogen-bond acceptors (Lipinski definition) is 3. The van der Waals surface area contributed by atoms with Crippen molar-refractivity contribution in [3.63, 3.8) is 0 Å². The molecule has 104 valence electrons. The second-order valence-electron chi connectivity index (χ2n) is 5.23. The number of hydrogen-bond donors (Lipinski definition) is 2. The summed E-state index contributed by atoms with van der Waals surface area (Å²) in [7, 11) is 0. The van der Waals surface area contributed by atoms with Gasteiger partial charge < -0.3 is 16.4 Å². The summed E-state index contributed by atoms with van der Waals surface area (Å²) in [5.74, 6) is 0.625. The van der Waals surface area contributed by atoms with E-state index in [-0.39, 0.29) is 0 Å². The molecule has 1 saturated heterocycles. The number of nitrogens with two attached hydrogens (primary N) is 2. The summed E-state index contributed by atoms with van der Waals surface area (Å²) < 4.78 is 0. The summed E-state index contributed by atoms with van der Waals surface area (Å²) in [5.41, 5.74) is 12.6. The molecule has 0 bridgehead atoms. The van der Waals surface area contributed by atoms with Crippen molar-refractivity contribution in [2.75, 3.05) is 24.5 Å². The summed E-state index contributed by atoms with van der Waals surface area (Å²) in [6.45, 7) is 4.63. The molecule has 1 fully saturated rings. The minimum absolute atomic E-state index is 0.422. The molecule has 0 radical (unpaired) electrons. The van der Waals surface area contributed by atoms with Crippen LogP contribution in [0.3, 0.4) is 0 Å². The third-order valence-electron chi connectivity index (χ3n) is 3.98. The molecule has 4 nitrogen and oxygen atoms in total. The molecule has 2 unspecified atom stereocenters. The van der Waals surface area contributed by atoms with E-state index in [1.54, 1.807) is 12.1 Å². The quantitative estimate of drug-likeness (QED) is 0.888. The van der Waals surface area contributed by atoms with Crippen molar-refractivity contribution in [2.45, 2.75) is 13.3 Å². The van der Waals surface area contributed by atoms with Gasteiger partial charge in [0.15, 0.2) is 0 Å². The minimum Gasteiger partial charge on any atom is -0.370 e. The molecular formula is C14H20ClN3O. The molecule has 2 rings (SSSR count). The molecule has 0 saturated carbocycles. The van der Waals surface area contributed by atoms with Gasteiger partial charge in [0.2, 0.25) is 0 Å². The van der Waals surface area contributed by atoms with Crippen LogP contribution in [0.2, 0.25) is 5.02 Å². The first-order chi connectivity index (χ1) is 9.02. The van der Waals surface area contributed by atoms with Crippen molar-refractivity contribution < 1.29 is 4.79 Å². The zero-order chi connectivity index (χ0) is 14.0. The van der Waals surface area contributed by atoms with Crippen LogP contribution in [-0.4, -0.2) is 25.5 Å². The molecule has 1 aliphatic rings. The van der Waals surface area contributed by atoms with Crippen molar-refractivity contribution in [3.8, 4) is 0 Å².